The minimum absolute atomic E-state index is 0.401. The van der Waals surface area contributed by atoms with Gasteiger partial charge in [0.25, 0.3) is 0 Å². The molecule has 3 N–H and O–H groups in total. The van der Waals surface area contributed by atoms with Crippen molar-refractivity contribution in [2.75, 3.05) is 12.3 Å². The molecule has 2 aromatic rings. The molecule has 0 spiro atoms. The molecular weight excluding hydrogens is 261 g/mol. The molecule has 0 aliphatic heterocycles. The van der Waals surface area contributed by atoms with Crippen LogP contribution in [0.4, 0.5) is 5.82 Å². The van der Waals surface area contributed by atoms with E-state index in [0.717, 1.165) is 11.3 Å². The number of hydrogen-bond acceptors (Lipinski definition) is 3. The van der Waals surface area contributed by atoms with Crippen molar-refractivity contribution in [2.24, 2.45) is 0 Å². The number of nitrogens with zero attached hydrogens (tertiary/aromatic N) is 1. The van der Waals surface area contributed by atoms with Crippen LogP contribution in [0.2, 0.25) is 10.0 Å². The van der Waals surface area contributed by atoms with E-state index in [1.807, 2.05) is 6.92 Å². The molecule has 0 aliphatic carbocycles. The first-order chi connectivity index (χ1) is 8.11. The van der Waals surface area contributed by atoms with Gasteiger partial charge in [0.05, 0.1) is 17.3 Å². The summed E-state index contributed by atoms with van der Waals surface area (Å²) < 4.78 is 5.51. The van der Waals surface area contributed by atoms with Crippen LogP contribution in [-0.2, 0) is 0 Å². The second-order valence-corrected chi connectivity index (χ2v) is 4.25. The quantitative estimate of drug-likeness (QED) is 0.900. The first-order valence-electron chi connectivity index (χ1n) is 5.05. The van der Waals surface area contributed by atoms with Gasteiger partial charge in [-0.05, 0) is 19.1 Å². The van der Waals surface area contributed by atoms with Crippen molar-refractivity contribution in [3.8, 4) is 17.0 Å². The lowest BCUT2D eigenvalue weighted by molar-refractivity contribution is 0.342. The van der Waals surface area contributed by atoms with Gasteiger partial charge in [0.1, 0.15) is 11.6 Å². The fourth-order valence-electron chi connectivity index (χ4n) is 1.53. The van der Waals surface area contributed by atoms with Gasteiger partial charge in [0.15, 0.2) is 0 Å². The third kappa shape index (κ3) is 2.48. The molecule has 4 nitrogen and oxygen atoms in total. The number of rotatable bonds is 3. The number of benzene rings is 1. The number of aromatic amines is 1. The van der Waals surface area contributed by atoms with Crippen molar-refractivity contribution < 1.29 is 4.74 Å². The highest BCUT2D eigenvalue weighted by molar-refractivity contribution is 6.36. The van der Waals surface area contributed by atoms with Crippen molar-refractivity contribution >= 4 is 29.0 Å². The average Bonchev–Trinajstić information content (AvgIpc) is 2.68. The van der Waals surface area contributed by atoms with Crippen LogP contribution in [0.1, 0.15) is 6.92 Å². The van der Waals surface area contributed by atoms with Gasteiger partial charge in [-0.15, -0.1) is 0 Å². The summed E-state index contributed by atoms with van der Waals surface area (Å²) in [5.74, 6) is 0.973. The van der Waals surface area contributed by atoms with E-state index in [9.17, 15) is 0 Å². The lowest BCUT2D eigenvalue weighted by Crippen LogP contribution is -1.95. The van der Waals surface area contributed by atoms with Gasteiger partial charge in [-0.3, -0.25) is 5.10 Å². The Morgan fingerprint density at radius 3 is 2.71 bits per heavy atom. The molecule has 90 valence electrons. The molecule has 0 radical (unpaired) electrons. The summed E-state index contributed by atoms with van der Waals surface area (Å²) in [4.78, 5) is 0. The van der Waals surface area contributed by atoms with Gasteiger partial charge in [-0.2, -0.15) is 5.10 Å². The highest BCUT2D eigenvalue weighted by Gasteiger charge is 2.14. The van der Waals surface area contributed by atoms with Crippen molar-refractivity contribution in [2.45, 2.75) is 6.92 Å². The normalized spacial score (nSPS) is 10.5. The Labute approximate surface area is 109 Å². The summed E-state index contributed by atoms with van der Waals surface area (Å²) in [6, 6.07) is 5.09. The predicted octanol–water partition coefficient (Wildman–Crippen LogP) is 3.36. The van der Waals surface area contributed by atoms with Crippen molar-refractivity contribution in [1.29, 1.82) is 0 Å². The first kappa shape index (κ1) is 12.1. The smallest absolute Gasteiger partial charge is 0.147 e. The summed E-state index contributed by atoms with van der Waals surface area (Å²) in [6.07, 6.45) is 0. The van der Waals surface area contributed by atoms with Gasteiger partial charge in [0.2, 0.25) is 0 Å². The van der Waals surface area contributed by atoms with Crippen molar-refractivity contribution in [3.05, 3.63) is 28.2 Å². The van der Waals surface area contributed by atoms with E-state index >= 15 is 0 Å². The number of aromatic nitrogens is 2. The third-order valence-corrected chi connectivity index (χ3v) is 2.68. The van der Waals surface area contributed by atoms with Crippen LogP contribution in [0, 0.1) is 0 Å². The fraction of sp³-hybridized carbons (Fsp3) is 0.182. The summed E-state index contributed by atoms with van der Waals surface area (Å²) in [5.41, 5.74) is 7.03. The van der Waals surface area contributed by atoms with E-state index in [1.165, 1.54) is 0 Å². The number of anilines is 1. The molecule has 0 fully saturated rings. The van der Waals surface area contributed by atoms with Crippen LogP contribution >= 0.6 is 23.2 Å². The Morgan fingerprint density at radius 1 is 1.35 bits per heavy atom. The van der Waals surface area contributed by atoms with Crippen LogP contribution in [0.3, 0.4) is 0 Å². The minimum Gasteiger partial charge on any atom is -0.492 e. The molecule has 0 atom stereocenters. The zero-order chi connectivity index (χ0) is 12.4. The van der Waals surface area contributed by atoms with E-state index in [2.05, 4.69) is 10.2 Å². The number of hydrogen-bond donors (Lipinski definition) is 2. The Morgan fingerprint density at radius 2 is 2.12 bits per heavy atom. The first-order valence-corrected chi connectivity index (χ1v) is 5.80. The molecule has 1 heterocycles. The molecule has 0 aliphatic rings. The number of nitrogen functional groups attached to an aromatic ring is 1. The highest BCUT2D eigenvalue weighted by Crippen LogP contribution is 2.38. The van der Waals surface area contributed by atoms with Crippen molar-refractivity contribution in [3.63, 3.8) is 0 Å². The zero-order valence-electron chi connectivity index (χ0n) is 9.13. The topological polar surface area (TPSA) is 63.9 Å². The van der Waals surface area contributed by atoms with Gasteiger partial charge < -0.3 is 10.5 Å². The largest absolute Gasteiger partial charge is 0.492 e. The highest BCUT2D eigenvalue weighted by atomic mass is 35.5. The lowest BCUT2D eigenvalue weighted by atomic mass is 10.1. The fourth-order valence-corrected chi connectivity index (χ4v) is 2.07. The molecule has 0 saturated heterocycles. The Bertz CT molecular complexity index is 540. The summed E-state index contributed by atoms with van der Waals surface area (Å²) in [5, 5.41) is 7.66. The maximum absolute atomic E-state index is 6.10. The summed E-state index contributed by atoms with van der Waals surface area (Å²) in [6.45, 7) is 2.40. The van der Waals surface area contributed by atoms with Crippen LogP contribution < -0.4 is 10.5 Å². The molecule has 17 heavy (non-hydrogen) atoms. The molecule has 0 unspecified atom stereocenters. The van der Waals surface area contributed by atoms with Crippen LogP contribution in [0.5, 0.6) is 5.75 Å². The number of nitrogens with two attached hydrogens (primary N) is 1. The zero-order valence-corrected chi connectivity index (χ0v) is 10.6. The van der Waals surface area contributed by atoms with E-state index in [1.54, 1.807) is 18.2 Å². The Hall–Kier alpha value is -1.39. The number of H-pyrrole nitrogens is 1. The third-order valence-electron chi connectivity index (χ3n) is 2.18. The van der Waals surface area contributed by atoms with E-state index in [-0.39, 0.29) is 0 Å². The molecule has 2 rings (SSSR count). The van der Waals surface area contributed by atoms with E-state index < -0.39 is 0 Å². The summed E-state index contributed by atoms with van der Waals surface area (Å²) >= 11 is 12.1. The Balaban J connectivity index is 2.58. The van der Waals surface area contributed by atoms with E-state index in [4.69, 9.17) is 33.7 Å². The molecule has 0 bridgehead atoms. The second kappa shape index (κ2) is 4.85. The van der Waals surface area contributed by atoms with Gasteiger partial charge in [0, 0.05) is 16.7 Å². The molecule has 1 aromatic heterocycles. The second-order valence-electron chi connectivity index (χ2n) is 3.40. The average molecular weight is 272 g/mol. The number of halogens is 2. The van der Waals surface area contributed by atoms with Gasteiger partial charge >= 0.3 is 0 Å². The lowest BCUT2D eigenvalue weighted by Gasteiger charge is -2.11. The van der Waals surface area contributed by atoms with Crippen molar-refractivity contribution in [1.82, 2.24) is 10.2 Å². The molecule has 0 saturated carbocycles. The van der Waals surface area contributed by atoms with Crippen LogP contribution in [-0.4, -0.2) is 16.8 Å². The molecular formula is C11H11Cl2N3O. The van der Waals surface area contributed by atoms with Gasteiger partial charge in [-0.1, -0.05) is 23.2 Å². The van der Waals surface area contributed by atoms with Crippen LogP contribution in [0.25, 0.3) is 11.3 Å². The number of ether oxygens (including phenoxy) is 1. The maximum atomic E-state index is 6.10. The van der Waals surface area contributed by atoms with Crippen LogP contribution in [0.15, 0.2) is 18.2 Å². The minimum atomic E-state index is 0.401. The molecule has 1 aromatic carbocycles. The predicted molar refractivity (Wildman–Crippen MR) is 69.6 cm³/mol. The van der Waals surface area contributed by atoms with Gasteiger partial charge in [-0.25, -0.2) is 0 Å². The summed E-state index contributed by atoms with van der Waals surface area (Å²) in [7, 11) is 0. The molecule has 6 heteroatoms. The standard InChI is InChI=1S/C11H11Cl2N3O/c1-2-17-11-7(3-6(12)4-8(11)13)9-5-10(14)16-15-9/h3-5H,2H2,1H3,(H3,14,15,16). The van der Waals surface area contributed by atoms with E-state index in [0.29, 0.717) is 28.2 Å². The number of nitrogens with one attached hydrogen (secondary N) is 1. The Kier molecular flexibility index (Phi) is 3.45. The maximum Gasteiger partial charge on any atom is 0.147 e. The monoisotopic (exact) mass is 271 g/mol. The SMILES string of the molecule is CCOc1c(Cl)cc(Cl)cc1-c1cc(N)n[nH]1. The molecule has 0 amide bonds.